The molecule has 2 aliphatic rings. The number of methoxy groups -OCH3 is 1. The van der Waals surface area contributed by atoms with E-state index in [0.29, 0.717) is 19.1 Å². The fourth-order valence-electron chi connectivity index (χ4n) is 1.93. The number of alkyl carbamates (subject to hydrolysis) is 1. The predicted octanol–water partition coefficient (Wildman–Crippen LogP) is 0.535. The molecule has 0 aliphatic carbocycles. The standard InChI is InChI=1S/C10H17NO4/c1-3-7-9(15-7)8(6-4-14-5-6)11-10(12)13-2/h6-9H,3-5H2,1-2H3,(H,11,12). The third-order valence-electron chi connectivity index (χ3n) is 3.02. The van der Waals surface area contributed by atoms with Crippen molar-refractivity contribution in [1.29, 1.82) is 0 Å². The smallest absolute Gasteiger partial charge is 0.407 e. The number of ether oxygens (including phenoxy) is 3. The average Bonchev–Trinajstić information content (AvgIpc) is 2.92. The zero-order chi connectivity index (χ0) is 10.8. The van der Waals surface area contributed by atoms with Crippen LogP contribution in [0.3, 0.4) is 0 Å². The molecule has 86 valence electrons. The summed E-state index contributed by atoms with van der Waals surface area (Å²) in [6.07, 6.45) is 1.02. The number of hydrogen-bond acceptors (Lipinski definition) is 4. The summed E-state index contributed by atoms with van der Waals surface area (Å²) in [6.45, 7) is 3.48. The van der Waals surface area contributed by atoms with Gasteiger partial charge in [-0.3, -0.25) is 0 Å². The van der Waals surface area contributed by atoms with Crippen LogP contribution < -0.4 is 5.32 Å². The lowest BCUT2D eigenvalue weighted by molar-refractivity contribution is -0.0526. The first-order valence-corrected chi connectivity index (χ1v) is 5.34. The number of epoxide rings is 1. The largest absolute Gasteiger partial charge is 0.453 e. The molecule has 0 radical (unpaired) electrons. The van der Waals surface area contributed by atoms with E-state index in [2.05, 4.69) is 17.0 Å². The van der Waals surface area contributed by atoms with Gasteiger partial charge in [0.25, 0.3) is 0 Å². The molecule has 1 amide bonds. The van der Waals surface area contributed by atoms with Crippen molar-refractivity contribution < 1.29 is 19.0 Å². The second kappa shape index (κ2) is 4.37. The lowest BCUT2D eigenvalue weighted by Gasteiger charge is -2.33. The summed E-state index contributed by atoms with van der Waals surface area (Å²) in [5.74, 6) is 0.366. The normalized spacial score (nSPS) is 31.6. The summed E-state index contributed by atoms with van der Waals surface area (Å²) in [5.41, 5.74) is 0. The van der Waals surface area contributed by atoms with Crippen molar-refractivity contribution in [3.8, 4) is 0 Å². The van der Waals surface area contributed by atoms with Crippen LogP contribution in [-0.2, 0) is 14.2 Å². The van der Waals surface area contributed by atoms with Crippen LogP contribution in [0, 0.1) is 5.92 Å². The second-order valence-electron chi connectivity index (χ2n) is 4.01. The van der Waals surface area contributed by atoms with Crippen LogP contribution in [0.1, 0.15) is 13.3 Å². The molecule has 0 saturated carbocycles. The van der Waals surface area contributed by atoms with Crippen LogP contribution in [0.4, 0.5) is 4.79 Å². The van der Waals surface area contributed by atoms with Gasteiger partial charge in [0.2, 0.25) is 0 Å². The van der Waals surface area contributed by atoms with Crippen molar-refractivity contribution in [2.45, 2.75) is 31.6 Å². The zero-order valence-corrected chi connectivity index (χ0v) is 9.06. The van der Waals surface area contributed by atoms with E-state index < -0.39 is 6.09 Å². The molecular weight excluding hydrogens is 198 g/mol. The van der Waals surface area contributed by atoms with Gasteiger partial charge in [0.15, 0.2) is 0 Å². The van der Waals surface area contributed by atoms with E-state index in [-0.39, 0.29) is 18.2 Å². The lowest BCUT2D eigenvalue weighted by atomic mass is 9.93. The molecule has 3 atom stereocenters. The van der Waals surface area contributed by atoms with Crippen LogP contribution in [0.2, 0.25) is 0 Å². The quantitative estimate of drug-likeness (QED) is 0.695. The Bertz CT molecular complexity index is 242. The number of amides is 1. The molecule has 0 bridgehead atoms. The van der Waals surface area contributed by atoms with Crippen molar-refractivity contribution in [3.63, 3.8) is 0 Å². The second-order valence-corrected chi connectivity index (χ2v) is 4.01. The Kier molecular flexibility index (Phi) is 3.11. The number of carbonyl (C=O) groups excluding carboxylic acids is 1. The Hall–Kier alpha value is -0.810. The first-order chi connectivity index (χ1) is 7.26. The lowest BCUT2D eigenvalue weighted by Crippen LogP contribution is -2.51. The van der Waals surface area contributed by atoms with E-state index in [1.807, 2.05) is 0 Å². The highest BCUT2D eigenvalue weighted by atomic mass is 16.6. The Morgan fingerprint density at radius 2 is 2.33 bits per heavy atom. The fourth-order valence-corrected chi connectivity index (χ4v) is 1.93. The van der Waals surface area contributed by atoms with Gasteiger partial charge in [-0.2, -0.15) is 0 Å². The maximum Gasteiger partial charge on any atom is 0.407 e. The third kappa shape index (κ3) is 2.23. The third-order valence-corrected chi connectivity index (χ3v) is 3.02. The van der Waals surface area contributed by atoms with Gasteiger partial charge in [0.05, 0.1) is 32.5 Å². The summed E-state index contributed by atoms with van der Waals surface area (Å²) in [7, 11) is 1.37. The Balaban J connectivity index is 1.88. The van der Waals surface area contributed by atoms with Crippen molar-refractivity contribution >= 4 is 6.09 Å². The highest BCUT2D eigenvalue weighted by Crippen LogP contribution is 2.33. The van der Waals surface area contributed by atoms with E-state index in [1.165, 1.54) is 7.11 Å². The summed E-state index contributed by atoms with van der Waals surface area (Å²) in [6, 6.07) is 0.0381. The molecule has 0 aromatic carbocycles. The Morgan fingerprint density at radius 3 is 2.73 bits per heavy atom. The molecule has 2 rings (SSSR count). The van der Waals surface area contributed by atoms with Crippen LogP contribution in [0.25, 0.3) is 0 Å². The number of carbonyl (C=O) groups is 1. The molecule has 2 fully saturated rings. The molecule has 1 N–H and O–H groups in total. The first kappa shape index (κ1) is 10.7. The highest BCUT2D eigenvalue weighted by molar-refractivity contribution is 5.67. The van der Waals surface area contributed by atoms with E-state index in [4.69, 9.17) is 9.47 Å². The van der Waals surface area contributed by atoms with Crippen LogP contribution in [0.5, 0.6) is 0 Å². The van der Waals surface area contributed by atoms with Gasteiger partial charge in [-0.1, -0.05) is 6.92 Å². The van der Waals surface area contributed by atoms with E-state index in [1.54, 1.807) is 0 Å². The minimum atomic E-state index is -0.391. The molecule has 2 heterocycles. The maximum atomic E-state index is 11.2. The van der Waals surface area contributed by atoms with Gasteiger partial charge in [-0.25, -0.2) is 4.79 Å². The summed E-state index contributed by atoms with van der Waals surface area (Å²) < 4.78 is 15.2. The van der Waals surface area contributed by atoms with E-state index >= 15 is 0 Å². The maximum absolute atomic E-state index is 11.2. The van der Waals surface area contributed by atoms with Gasteiger partial charge < -0.3 is 19.5 Å². The van der Waals surface area contributed by atoms with Crippen LogP contribution >= 0.6 is 0 Å². The first-order valence-electron chi connectivity index (χ1n) is 5.34. The minimum Gasteiger partial charge on any atom is -0.453 e. The minimum absolute atomic E-state index is 0.0381. The van der Waals surface area contributed by atoms with Crippen LogP contribution in [0.15, 0.2) is 0 Å². The number of hydrogen-bond donors (Lipinski definition) is 1. The van der Waals surface area contributed by atoms with Gasteiger partial charge in [-0.15, -0.1) is 0 Å². The zero-order valence-electron chi connectivity index (χ0n) is 9.06. The molecule has 3 unspecified atom stereocenters. The topological polar surface area (TPSA) is 60.1 Å². The van der Waals surface area contributed by atoms with Crippen molar-refractivity contribution in [2.24, 2.45) is 5.92 Å². The summed E-state index contributed by atoms with van der Waals surface area (Å²) >= 11 is 0. The molecule has 2 saturated heterocycles. The highest BCUT2D eigenvalue weighted by Gasteiger charge is 2.49. The summed E-state index contributed by atoms with van der Waals surface area (Å²) in [4.78, 5) is 11.2. The molecule has 0 spiro atoms. The Labute approximate surface area is 89.1 Å². The number of nitrogens with one attached hydrogen (secondary N) is 1. The summed E-state index contributed by atoms with van der Waals surface area (Å²) in [5, 5.41) is 2.83. The SMILES string of the molecule is CCC1OC1C(NC(=O)OC)C1COC1. The molecule has 5 heteroatoms. The number of rotatable bonds is 4. The van der Waals surface area contributed by atoms with Gasteiger partial charge in [-0.05, 0) is 6.42 Å². The molecule has 15 heavy (non-hydrogen) atoms. The molecule has 5 nitrogen and oxygen atoms in total. The van der Waals surface area contributed by atoms with Gasteiger partial charge in [0.1, 0.15) is 6.10 Å². The van der Waals surface area contributed by atoms with Crippen molar-refractivity contribution in [2.75, 3.05) is 20.3 Å². The monoisotopic (exact) mass is 215 g/mol. The molecule has 2 aliphatic heterocycles. The van der Waals surface area contributed by atoms with Crippen molar-refractivity contribution in [3.05, 3.63) is 0 Å². The molecular formula is C10H17NO4. The Morgan fingerprint density at radius 1 is 1.60 bits per heavy atom. The van der Waals surface area contributed by atoms with E-state index in [0.717, 1.165) is 6.42 Å². The average molecular weight is 215 g/mol. The van der Waals surface area contributed by atoms with Crippen LogP contribution in [-0.4, -0.2) is 44.7 Å². The van der Waals surface area contributed by atoms with Crippen molar-refractivity contribution in [1.82, 2.24) is 5.32 Å². The molecule has 0 aromatic rings. The van der Waals surface area contributed by atoms with E-state index in [9.17, 15) is 4.79 Å². The molecule has 0 aromatic heterocycles. The fraction of sp³-hybridized carbons (Fsp3) is 0.900. The van der Waals surface area contributed by atoms with Gasteiger partial charge in [0, 0.05) is 5.92 Å². The van der Waals surface area contributed by atoms with Gasteiger partial charge >= 0.3 is 6.09 Å². The predicted molar refractivity (Wildman–Crippen MR) is 52.6 cm³/mol.